The number of pyridine rings is 4. The molecule has 5 heterocycles. The molecule has 0 aliphatic carbocycles. The van der Waals surface area contributed by atoms with Crippen molar-refractivity contribution in [2.24, 2.45) is 0 Å². The largest absolute Gasteiger partial charge is 3.00 e. The van der Waals surface area contributed by atoms with Crippen molar-refractivity contribution in [3.63, 3.8) is 0 Å². The van der Waals surface area contributed by atoms with E-state index in [1.165, 1.54) is 18.2 Å². The minimum absolute atomic E-state index is 0. The first kappa shape index (κ1) is 44.2. The topological polar surface area (TPSA) is 165 Å². The van der Waals surface area contributed by atoms with Crippen LogP contribution >= 0.6 is 0 Å². The molecule has 0 aliphatic rings. The number of halogens is 5. The molecule has 0 amide bonds. The van der Waals surface area contributed by atoms with Crippen molar-refractivity contribution < 1.29 is 79.3 Å². The quantitative estimate of drug-likeness (QED) is 0.114. The van der Waals surface area contributed by atoms with Gasteiger partial charge in [0.15, 0.2) is 0 Å². The normalized spacial score (nSPS) is 9.45. The van der Waals surface area contributed by atoms with Crippen LogP contribution in [-0.2, 0) is 54.4 Å². The number of nitrogens with zero attached hydrogens (tertiary/aromatic N) is 5. The number of aromatic amines is 1. The molecule has 6 rings (SSSR count). The van der Waals surface area contributed by atoms with Crippen LogP contribution in [0, 0.1) is 31.8 Å². The van der Waals surface area contributed by atoms with Crippen LogP contribution in [0.2, 0.25) is 0 Å². The summed E-state index contributed by atoms with van der Waals surface area (Å²) in [6, 6.07) is 27.0. The van der Waals surface area contributed by atoms with Crippen LogP contribution in [-0.4, -0.2) is 38.6 Å². The molecule has 0 saturated carbocycles. The molecular formula is C35H22F5N6O6Ru+2. The summed E-state index contributed by atoms with van der Waals surface area (Å²) in [6.45, 7) is 0. The number of rotatable bonds is 4. The van der Waals surface area contributed by atoms with Crippen LogP contribution in [0.1, 0.15) is 5.69 Å². The monoisotopic (exact) mass is 819 g/mol. The molecule has 0 aliphatic heterocycles. The minimum Gasteiger partial charge on any atom is -0.332 e. The number of hydrogen-bond acceptors (Lipinski definition) is 9. The van der Waals surface area contributed by atoms with E-state index < -0.39 is 23.5 Å². The fraction of sp³-hybridized carbons (Fsp3) is 0.0286. The van der Waals surface area contributed by atoms with Gasteiger partial charge in [-0.15, -0.1) is 12.1 Å². The molecule has 1 aromatic carbocycles. The van der Waals surface area contributed by atoms with Gasteiger partial charge in [0.25, 0.3) is 0 Å². The molecule has 12 nitrogen and oxygen atoms in total. The van der Waals surface area contributed by atoms with Crippen molar-refractivity contribution >= 4 is 18.5 Å². The Hall–Kier alpha value is -6.82. The number of aromatic nitrogens is 6. The summed E-state index contributed by atoms with van der Waals surface area (Å²) < 4.78 is 68.0. The van der Waals surface area contributed by atoms with Crippen molar-refractivity contribution in [2.75, 3.05) is 0 Å². The number of H-pyrrole nitrogens is 1. The van der Waals surface area contributed by atoms with Crippen LogP contribution < -0.4 is 9.13 Å². The van der Waals surface area contributed by atoms with E-state index in [9.17, 15) is 22.0 Å². The summed E-state index contributed by atoms with van der Waals surface area (Å²) in [5.74, 6) is -1.66. The number of alkyl halides is 3. The fourth-order valence-electron chi connectivity index (χ4n) is 4.09. The molecule has 53 heavy (non-hydrogen) atoms. The molecule has 0 fully saturated rings. The van der Waals surface area contributed by atoms with E-state index in [-0.39, 0.29) is 60.6 Å². The molecule has 6 aromatic rings. The molecular weight excluding hydrogens is 796 g/mol. The van der Waals surface area contributed by atoms with E-state index in [0.29, 0.717) is 6.07 Å². The second kappa shape index (κ2) is 22.1. The van der Waals surface area contributed by atoms with Gasteiger partial charge in [-0.2, -0.15) is 47.0 Å². The molecule has 0 unspecified atom stereocenters. The van der Waals surface area contributed by atoms with Crippen LogP contribution in [0.3, 0.4) is 0 Å². The van der Waals surface area contributed by atoms with Gasteiger partial charge in [-0.05, 0) is 42.1 Å². The third-order valence-electron chi connectivity index (χ3n) is 6.16. The predicted octanol–water partition coefficient (Wildman–Crippen LogP) is 4.75. The Labute approximate surface area is 309 Å². The SMILES string of the molecule is Fc1c[c-]c(-c2cccc(-c3cc(C(F)(F)F)[nH]n3)n2)c(F)c1.O=C=O.O=C=O.O=C=O.[CH2-][n+]1ccccc1-c1cccc(-c2cccc[n+]2[CH2-])n1.[Ru+3]. The van der Waals surface area contributed by atoms with Crippen molar-refractivity contribution in [2.45, 2.75) is 6.18 Å². The molecule has 1 N–H and O–H groups in total. The number of nitrogens with one attached hydrogen (secondary N) is 1. The maximum Gasteiger partial charge on any atom is 3.00 e. The van der Waals surface area contributed by atoms with E-state index in [4.69, 9.17) is 33.8 Å². The van der Waals surface area contributed by atoms with Gasteiger partial charge in [0.1, 0.15) is 22.8 Å². The molecule has 0 atom stereocenters. The maximum absolute atomic E-state index is 13.7. The zero-order valence-corrected chi connectivity index (χ0v) is 28.4. The van der Waals surface area contributed by atoms with E-state index >= 15 is 0 Å². The Bertz CT molecular complexity index is 2110. The van der Waals surface area contributed by atoms with E-state index in [0.717, 1.165) is 34.9 Å². The van der Waals surface area contributed by atoms with Crippen LogP contribution in [0.15, 0.2) is 103 Å². The molecule has 0 saturated heterocycles. The van der Waals surface area contributed by atoms with Gasteiger partial charge >= 0.3 is 44.1 Å². The first-order valence-electron chi connectivity index (χ1n) is 13.9. The molecule has 0 bridgehead atoms. The second-order valence-electron chi connectivity index (χ2n) is 9.38. The van der Waals surface area contributed by atoms with Crippen LogP contribution in [0.5, 0.6) is 0 Å². The van der Waals surface area contributed by atoms with Crippen molar-refractivity contribution in [1.29, 1.82) is 0 Å². The molecule has 18 heteroatoms. The predicted molar refractivity (Wildman–Crippen MR) is 163 cm³/mol. The van der Waals surface area contributed by atoms with Gasteiger partial charge in [0.2, 0.25) is 0 Å². The standard InChI is InChI=1S/C17H15N3.C15H7F5N3.3CO2.Ru/c1-19-12-5-3-10-16(19)14-8-7-9-15(18-14)17-11-4-6-13-20(17)2;16-8-4-5-9(10(17)6-8)11-2-1-3-12(21-11)13-7-14(23-22-13)15(18,19)20;3*2-1-3;/h3-13H,1-2H2;1-4,6-7H,(H,22,23);;;;/q;-1;;;;+3. The smallest absolute Gasteiger partial charge is 0.332 e. The Morgan fingerprint density at radius 2 is 1.09 bits per heavy atom. The second-order valence-corrected chi connectivity index (χ2v) is 9.38. The van der Waals surface area contributed by atoms with Crippen molar-refractivity contribution in [3.05, 3.63) is 141 Å². The third kappa shape index (κ3) is 13.4. The van der Waals surface area contributed by atoms with E-state index in [1.807, 2.05) is 81.2 Å². The number of benzene rings is 1. The first-order chi connectivity index (χ1) is 24.8. The summed E-state index contributed by atoms with van der Waals surface area (Å²) in [5.41, 5.74) is 2.81. The summed E-state index contributed by atoms with van der Waals surface area (Å²) in [5, 5.41) is 5.43. The molecule has 0 spiro atoms. The van der Waals surface area contributed by atoms with Gasteiger partial charge < -0.3 is 9.13 Å². The fourth-order valence-corrected chi connectivity index (χ4v) is 4.09. The minimum atomic E-state index is -4.56. The molecule has 5 aromatic heterocycles. The third-order valence-corrected chi connectivity index (χ3v) is 6.16. The zero-order chi connectivity index (χ0) is 38.7. The summed E-state index contributed by atoms with van der Waals surface area (Å²) in [4.78, 5) is 57.5. The van der Waals surface area contributed by atoms with Gasteiger partial charge in [-0.3, -0.25) is 23.8 Å². The number of carbonyl (C=O) groups excluding carboxylic acids is 6. The van der Waals surface area contributed by atoms with Gasteiger partial charge in [0, 0.05) is 25.7 Å². The Kier molecular flexibility index (Phi) is 18.4. The van der Waals surface area contributed by atoms with Crippen molar-refractivity contribution in [3.8, 4) is 45.4 Å². The summed E-state index contributed by atoms with van der Waals surface area (Å²) in [6.07, 6.45) is 0.0151. The number of hydrogen-bond donors (Lipinski definition) is 1. The maximum atomic E-state index is 13.7. The van der Waals surface area contributed by atoms with Gasteiger partial charge in [0.05, 0.1) is 29.5 Å². The van der Waals surface area contributed by atoms with Crippen molar-refractivity contribution in [1.82, 2.24) is 20.2 Å². The van der Waals surface area contributed by atoms with Gasteiger partial charge in [-0.25, -0.2) is 0 Å². The molecule has 269 valence electrons. The Morgan fingerprint density at radius 3 is 1.53 bits per heavy atom. The Morgan fingerprint density at radius 1 is 0.642 bits per heavy atom. The first-order valence-corrected chi connectivity index (χ1v) is 13.9. The average Bonchev–Trinajstić information content (AvgIpc) is 3.62. The zero-order valence-electron chi connectivity index (χ0n) is 26.7. The van der Waals surface area contributed by atoms with E-state index in [1.54, 1.807) is 0 Å². The Balaban J connectivity index is 0.000000429. The molecule has 1 radical (unpaired) electrons. The van der Waals surface area contributed by atoms with Gasteiger partial charge in [-0.1, -0.05) is 54.1 Å². The summed E-state index contributed by atoms with van der Waals surface area (Å²) >= 11 is 0. The van der Waals surface area contributed by atoms with Crippen LogP contribution in [0.4, 0.5) is 22.0 Å². The van der Waals surface area contributed by atoms with E-state index in [2.05, 4.69) is 30.2 Å². The van der Waals surface area contributed by atoms with Crippen LogP contribution in [0.25, 0.3) is 45.4 Å². The average molecular weight is 819 g/mol. The summed E-state index contributed by atoms with van der Waals surface area (Å²) in [7, 11) is 7.95.